The molecule has 128 valence electrons. The molecular weight excluding hydrogens is 338 g/mol. The molecule has 0 saturated carbocycles. The predicted molar refractivity (Wildman–Crippen MR) is 108 cm³/mol. The number of halogens is 1. The van der Waals surface area contributed by atoms with Crippen molar-refractivity contribution in [2.24, 2.45) is 0 Å². The van der Waals surface area contributed by atoms with Crippen LogP contribution in [0.3, 0.4) is 0 Å². The molecule has 24 heavy (non-hydrogen) atoms. The van der Waals surface area contributed by atoms with Crippen LogP contribution in [0.25, 0.3) is 0 Å². The Labute approximate surface area is 155 Å². The van der Waals surface area contributed by atoms with Crippen molar-refractivity contribution in [1.29, 1.82) is 0 Å². The molecule has 0 amide bonds. The molecule has 0 aromatic heterocycles. The van der Waals surface area contributed by atoms with Gasteiger partial charge in [-0.05, 0) is 62.4 Å². The average molecular weight is 362 g/mol. The third-order valence-corrected chi connectivity index (χ3v) is 4.38. The molecule has 2 aromatic carbocycles. The van der Waals surface area contributed by atoms with Gasteiger partial charge in [-0.25, -0.2) is 0 Å². The van der Waals surface area contributed by atoms with Crippen LogP contribution in [-0.2, 0) is 6.54 Å². The first-order chi connectivity index (χ1) is 11.5. The van der Waals surface area contributed by atoms with Gasteiger partial charge in [0.25, 0.3) is 0 Å². The predicted octanol–water partition coefficient (Wildman–Crippen LogP) is 4.46. The fraction of sp³-hybridized carbons (Fsp3) is 0.316. The normalized spacial score (nSPS) is 10.7. The van der Waals surface area contributed by atoms with Crippen molar-refractivity contribution in [2.75, 3.05) is 25.5 Å². The highest BCUT2D eigenvalue weighted by Gasteiger charge is 2.02. The number of hydrogen-bond acceptors (Lipinski definition) is 2. The summed E-state index contributed by atoms with van der Waals surface area (Å²) in [6.07, 6.45) is 1.03. The van der Waals surface area contributed by atoms with Gasteiger partial charge in [-0.15, -0.1) is 0 Å². The van der Waals surface area contributed by atoms with Crippen LogP contribution in [0.5, 0.6) is 0 Å². The van der Waals surface area contributed by atoms with Crippen molar-refractivity contribution in [3.05, 3.63) is 64.7 Å². The molecule has 2 rings (SSSR count). The van der Waals surface area contributed by atoms with Gasteiger partial charge in [-0.3, -0.25) is 0 Å². The van der Waals surface area contributed by atoms with Crippen molar-refractivity contribution >= 4 is 34.6 Å². The smallest absolute Gasteiger partial charge is 0.170 e. The van der Waals surface area contributed by atoms with Crippen LogP contribution in [-0.4, -0.2) is 30.1 Å². The molecule has 0 radical (unpaired) electrons. The Balaban J connectivity index is 1.64. The summed E-state index contributed by atoms with van der Waals surface area (Å²) >= 11 is 11.4. The van der Waals surface area contributed by atoms with Crippen LogP contribution in [0.4, 0.5) is 5.69 Å². The van der Waals surface area contributed by atoms with Gasteiger partial charge in [-0.2, -0.15) is 0 Å². The van der Waals surface area contributed by atoms with Gasteiger partial charge in [-0.1, -0.05) is 48.0 Å². The molecule has 0 atom stereocenters. The summed E-state index contributed by atoms with van der Waals surface area (Å²) < 4.78 is 0. The van der Waals surface area contributed by atoms with Gasteiger partial charge in [0.05, 0.1) is 0 Å². The monoisotopic (exact) mass is 361 g/mol. The van der Waals surface area contributed by atoms with Crippen LogP contribution < -0.4 is 10.6 Å². The molecule has 0 unspecified atom stereocenters. The lowest BCUT2D eigenvalue weighted by molar-refractivity contribution is 0.322. The molecule has 2 N–H and O–H groups in total. The van der Waals surface area contributed by atoms with Crippen molar-refractivity contribution < 1.29 is 0 Å². The Morgan fingerprint density at radius 2 is 1.92 bits per heavy atom. The van der Waals surface area contributed by atoms with E-state index in [2.05, 4.69) is 46.8 Å². The molecule has 0 aliphatic rings. The van der Waals surface area contributed by atoms with Gasteiger partial charge < -0.3 is 15.5 Å². The van der Waals surface area contributed by atoms with E-state index in [1.807, 2.05) is 31.2 Å². The summed E-state index contributed by atoms with van der Waals surface area (Å²) in [7, 11) is 2.14. The van der Waals surface area contributed by atoms with Crippen molar-refractivity contribution in [3.8, 4) is 0 Å². The highest BCUT2D eigenvalue weighted by Crippen LogP contribution is 2.19. The van der Waals surface area contributed by atoms with Crippen molar-refractivity contribution in [3.63, 3.8) is 0 Å². The molecule has 0 fully saturated rings. The Bertz CT molecular complexity index is 661. The number of aryl methyl sites for hydroxylation is 1. The van der Waals surface area contributed by atoms with E-state index in [4.69, 9.17) is 23.8 Å². The minimum Gasteiger partial charge on any atom is -0.362 e. The standard InChI is InChI=1S/C19H24ClN3S/c1-15-9-10-17(13-18(15)20)22-19(24)21-11-6-12-23(2)14-16-7-4-3-5-8-16/h3-5,7-10,13H,6,11-12,14H2,1-2H3,(H2,21,22,24). The second kappa shape index (κ2) is 9.62. The average Bonchev–Trinajstić information content (AvgIpc) is 2.56. The summed E-state index contributed by atoms with van der Waals surface area (Å²) in [5.41, 5.74) is 3.30. The number of rotatable bonds is 7. The third kappa shape index (κ3) is 6.48. The second-order valence-electron chi connectivity index (χ2n) is 5.92. The molecule has 0 bridgehead atoms. The fourth-order valence-electron chi connectivity index (χ4n) is 2.37. The Kier molecular flexibility index (Phi) is 7.50. The summed E-state index contributed by atoms with van der Waals surface area (Å²) in [6.45, 7) is 4.80. The number of hydrogen-bond donors (Lipinski definition) is 2. The number of nitrogens with zero attached hydrogens (tertiary/aromatic N) is 1. The second-order valence-corrected chi connectivity index (χ2v) is 6.74. The van der Waals surface area contributed by atoms with Gasteiger partial charge in [0.2, 0.25) is 0 Å². The zero-order valence-electron chi connectivity index (χ0n) is 14.2. The molecule has 0 spiro atoms. The lowest BCUT2D eigenvalue weighted by atomic mass is 10.2. The molecule has 2 aromatic rings. The van der Waals surface area contributed by atoms with Crippen LogP contribution in [0, 0.1) is 6.92 Å². The zero-order valence-corrected chi connectivity index (χ0v) is 15.8. The Morgan fingerprint density at radius 3 is 2.62 bits per heavy atom. The maximum absolute atomic E-state index is 6.12. The Hall–Kier alpha value is -1.62. The van der Waals surface area contributed by atoms with E-state index < -0.39 is 0 Å². The van der Waals surface area contributed by atoms with Crippen LogP contribution in [0.2, 0.25) is 5.02 Å². The van der Waals surface area contributed by atoms with E-state index >= 15 is 0 Å². The van der Waals surface area contributed by atoms with Crippen LogP contribution in [0.15, 0.2) is 48.5 Å². The molecule has 3 nitrogen and oxygen atoms in total. The summed E-state index contributed by atoms with van der Waals surface area (Å²) in [5, 5.41) is 7.76. The van der Waals surface area contributed by atoms with E-state index in [1.54, 1.807) is 0 Å². The topological polar surface area (TPSA) is 27.3 Å². The zero-order chi connectivity index (χ0) is 17.4. The molecule has 0 aliphatic carbocycles. The van der Waals surface area contributed by atoms with Crippen LogP contribution >= 0.6 is 23.8 Å². The van der Waals surface area contributed by atoms with Gasteiger partial charge in [0.15, 0.2) is 5.11 Å². The van der Waals surface area contributed by atoms with Gasteiger partial charge >= 0.3 is 0 Å². The van der Waals surface area contributed by atoms with E-state index in [9.17, 15) is 0 Å². The van der Waals surface area contributed by atoms with E-state index in [-0.39, 0.29) is 0 Å². The molecular formula is C19H24ClN3S. The first kappa shape index (κ1) is 18.7. The van der Waals surface area contributed by atoms with E-state index in [1.165, 1.54) is 5.56 Å². The van der Waals surface area contributed by atoms with E-state index in [0.717, 1.165) is 42.3 Å². The van der Waals surface area contributed by atoms with Crippen molar-refractivity contribution in [1.82, 2.24) is 10.2 Å². The minimum atomic E-state index is 0.626. The number of benzene rings is 2. The maximum atomic E-state index is 6.12. The lowest BCUT2D eigenvalue weighted by Gasteiger charge is -2.17. The molecule has 0 saturated heterocycles. The summed E-state index contributed by atoms with van der Waals surface area (Å²) in [4.78, 5) is 2.31. The number of anilines is 1. The fourth-order valence-corrected chi connectivity index (χ4v) is 2.77. The first-order valence-corrected chi connectivity index (χ1v) is 8.86. The SMILES string of the molecule is Cc1ccc(NC(=S)NCCCN(C)Cc2ccccc2)cc1Cl. The molecule has 0 aliphatic heterocycles. The highest BCUT2D eigenvalue weighted by atomic mass is 35.5. The van der Waals surface area contributed by atoms with E-state index in [0.29, 0.717) is 5.11 Å². The first-order valence-electron chi connectivity index (χ1n) is 8.08. The quantitative estimate of drug-likeness (QED) is 0.562. The van der Waals surface area contributed by atoms with Crippen molar-refractivity contribution in [2.45, 2.75) is 19.9 Å². The lowest BCUT2D eigenvalue weighted by Crippen LogP contribution is -2.31. The highest BCUT2D eigenvalue weighted by molar-refractivity contribution is 7.80. The minimum absolute atomic E-state index is 0.626. The molecule has 0 heterocycles. The number of thiocarbonyl (C=S) groups is 1. The van der Waals surface area contributed by atoms with Gasteiger partial charge in [0, 0.05) is 23.8 Å². The van der Waals surface area contributed by atoms with Gasteiger partial charge in [0.1, 0.15) is 0 Å². The largest absolute Gasteiger partial charge is 0.362 e. The summed E-state index contributed by atoms with van der Waals surface area (Å²) in [5.74, 6) is 0. The third-order valence-electron chi connectivity index (χ3n) is 3.73. The Morgan fingerprint density at radius 1 is 1.17 bits per heavy atom. The summed E-state index contributed by atoms with van der Waals surface area (Å²) in [6, 6.07) is 16.3. The molecule has 5 heteroatoms. The number of nitrogens with one attached hydrogen (secondary N) is 2. The maximum Gasteiger partial charge on any atom is 0.170 e. The van der Waals surface area contributed by atoms with Crippen LogP contribution in [0.1, 0.15) is 17.5 Å².